The van der Waals surface area contributed by atoms with Crippen LogP contribution in [0.2, 0.25) is 0 Å². The Hall–Kier alpha value is -1.65. The highest BCUT2D eigenvalue weighted by Crippen LogP contribution is 2.22. The average Bonchev–Trinajstić information content (AvgIpc) is 2.44. The third-order valence-corrected chi connectivity index (χ3v) is 3.39. The standard InChI is InChI=1S/C16H24N4/c1-17-12-14-11-13-7-5-6-8-15(13)18-16(14)20(4)10-9-19(2)3/h5-8,11,17H,9-10,12H2,1-4H3. The van der Waals surface area contributed by atoms with Gasteiger partial charge in [0.25, 0.3) is 0 Å². The molecule has 2 rings (SSSR count). The SMILES string of the molecule is CNCc1cc2ccccc2nc1N(C)CCN(C)C. The van der Waals surface area contributed by atoms with Crippen LogP contribution >= 0.6 is 0 Å². The molecule has 4 heteroatoms. The first-order valence-corrected chi connectivity index (χ1v) is 7.01. The lowest BCUT2D eigenvalue weighted by atomic mass is 10.1. The normalized spacial score (nSPS) is 11.2. The Morgan fingerprint density at radius 2 is 1.85 bits per heavy atom. The van der Waals surface area contributed by atoms with Gasteiger partial charge in [0.2, 0.25) is 0 Å². The van der Waals surface area contributed by atoms with Crippen molar-refractivity contribution in [3.63, 3.8) is 0 Å². The Bertz CT molecular complexity index is 565. The number of nitrogens with zero attached hydrogens (tertiary/aromatic N) is 3. The van der Waals surface area contributed by atoms with Crippen molar-refractivity contribution in [3.8, 4) is 0 Å². The molecule has 20 heavy (non-hydrogen) atoms. The number of nitrogens with one attached hydrogen (secondary N) is 1. The zero-order chi connectivity index (χ0) is 14.5. The van der Waals surface area contributed by atoms with Gasteiger partial charge < -0.3 is 15.1 Å². The largest absolute Gasteiger partial charge is 0.358 e. The Kier molecular flexibility index (Phi) is 4.93. The molecule has 1 aromatic carbocycles. The summed E-state index contributed by atoms with van der Waals surface area (Å²) in [6, 6.07) is 10.5. The Labute approximate surface area is 121 Å². The molecule has 108 valence electrons. The van der Waals surface area contributed by atoms with E-state index in [4.69, 9.17) is 4.98 Å². The third kappa shape index (κ3) is 3.46. The molecule has 0 bridgehead atoms. The van der Waals surface area contributed by atoms with Gasteiger partial charge in [0.15, 0.2) is 0 Å². The minimum atomic E-state index is 0.833. The van der Waals surface area contributed by atoms with Crippen LogP contribution in [0.1, 0.15) is 5.56 Å². The summed E-state index contributed by atoms with van der Waals surface area (Å²) in [7, 11) is 8.27. The fourth-order valence-corrected chi connectivity index (χ4v) is 2.26. The van der Waals surface area contributed by atoms with Gasteiger partial charge in [-0.25, -0.2) is 4.98 Å². The molecule has 0 fully saturated rings. The zero-order valence-electron chi connectivity index (χ0n) is 12.8. The molecule has 0 atom stereocenters. The van der Waals surface area contributed by atoms with Gasteiger partial charge in [0.1, 0.15) is 5.82 Å². The Morgan fingerprint density at radius 3 is 2.55 bits per heavy atom. The number of hydrogen-bond acceptors (Lipinski definition) is 4. The van der Waals surface area contributed by atoms with Crippen LogP contribution in [0, 0.1) is 0 Å². The number of anilines is 1. The highest BCUT2D eigenvalue weighted by atomic mass is 15.2. The summed E-state index contributed by atoms with van der Waals surface area (Å²) in [5, 5.41) is 4.43. The minimum absolute atomic E-state index is 0.833. The van der Waals surface area contributed by atoms with Crippen molar-refractivity contribution in [2.75, 3.05) is 46.2 Å². The molecule has 0 saturated heterocycles. The monoisotopic (exact) mass is 272 g/mol. The maximum absolute atomic E-state index is 4.84. The van der Waals surface area contributed by atoms with E-state index in [1.54, 1.807) is 0 Å². The van der Waals surface area contributed by atoms with E-state index in [2.05, 4.69) is 60.5 Å². The molecule has 1 aromatic heterocycles. The van der Waals surface area contributed by atoms with E-state index in [0.717, 1.165) is 31.0 Å². The van der Waals surface area contributed by atoms with Crippen LogP contribution < -0.4 is 10.2 Å². The van der Waals surface area contributed by atoms with E-state index < -0.39 is 0 Å². The first-order chi connectivity index (χ1) is 9.61. The second kappa shape index (κ2) is 6.68. The van der Waals surface area contributed by atoms with Crippen LogP contribution in [0.15, 0.2) is 30.3 Å². The molecule has 0 aliphatic carbocycles. The molecule has 1 N–H and O–H groups in total. The van der Waals surface area contributed by atoms with Crippen LogP contribution in [-0.2, 0) is 6.54 Å². The van der Waals surface area contributed by atoms with Gasteiger partial charge in [0.05, 0.1) is 5.52 Å². The lowest BCUT2D eigenvalue weighted by Gasteiger charge is -2.23. The molecular weight excluding hydrogens is 248 g/mol. The second-order valence-corrected chi connectivity index (χ2v) is 5.42. The molecular formula is C16H24N4. The van der Waals surface area contributed by atoms with E-state index >= 15 is 0 Å². The summed E-state index contributed by atoms with van der Waals surface area (Å²) in [6.07, 6.45) is 0. The van der Waals surface area contributed by atoms with Crippen molar-refractivity contribution in [3.05, 3.63) is 35.9 Å². The fourth-order valence-electron chi connectivity index (χ4n) is 2.26. The maximum atomic E-state index is 4.84. The number of aromatic nitrogens is 1. The van der Waals surface area contributed by atoms with Gasteiger partial charge in [-0.1, -0.05) is 18.2 Å². The van der Waals surface area contributed by atoms with Gasteiger partial charge in [-0.3, -0.25) is 0 Å². The number of pyridine rings is 1. The maximum Gasteiger partial charge on any atom is 0.133 e. The number of likely N-dealkylation sites (N-methyl/N-ethyl adjacent to an activating group) is 2. The summed E-state index contributed by atoms with van der Waals surface area (Å²) in [4.78, 5) is 9.26. The molecule has 1 heterocycles. The van der Waals surface area contributed by atoms with E-state index in [1.165, 1.54) is 10.9 Å². The van der Waals surface area contributed by atoms with Crippen LogP contribution in [-0.4, -0.2) is 51.2 Å². The van der Waals surface area contributed by atoms with Crippen molar-refractivity contribution in [2.45, 2.75) is 6.54 Å². The number of hydrogen-bond donors (Lipinski definition) is 1. The molecule has 0 amide bonds. The molecule has 0 aliphatic rings. The van der Waals surface area contributed by atoms with E-state index in [-0.39, 0.29) is 0 Å². The fraction of sp³-hybridized carbons (Fsp3) is 0.438. The van der Waals surface area contributed by atoms with Crippen molar-refractivity contribution < 1.29 is 0 Å². The number of fused-ring (bicyclic) bond motifs is 1. The number of benzene rings is 1. The van der Waals surface area contributed by atoms with Crippen LogP contribution in [0.5, 0.6) is 0 Å². The predicted molar refractivity (Wildman–Crippen MR) is 86.3 cm³/mol. The molecule has 0 spiro atoms. The summed E-state index contributed by atoms with van der Waals surface area (Å²) in [5.74, 6) is 1.07. The van der Waals surface area contributed by atoms with Gasteiger partial charge in [-0.15, -0.1) is 0 Å². The minimum Gasteiger partial charge on any atom is -0.358 e. The first kappa shape index (κ1) is 14.8. The van der Waals surface area contributed by atoms with Crippen molar-refractivity contribution in [1.29, 1.82) is 0 Å². The van der Waals surface area contributed by atoms with Crippen molar-refractivity contribution in [2.24, 2.45) is 0 Å². The zero-order valence-corrected chi connectivity index (χ0v) is 12.8. The Balaban J connectivity index is 2.35. The van der Waals surface area contributed by atoms with E-state index in [0.29, 0.717) is 0 Å². The lowest BCUT2D eigenvalue weighted by molar-refractivity contribution is 0.416. The average molecular weight is 272 g/mol. The summed E-state index contributed by atoms with van der Waals surface area (Å²) < 4.78 is 0. The second-order valence-electron chi connectivity index (χ2n) is 5.42. The smallest absolute Gasteiger partial charge is 0.133 e. The molecule has 4 nitrogen and oxygen atoms in total. The number of rotatable bonds is 6. The van der Waals surface area contributed by atoms with Crippen LogP contribution in [0.4, 0.5) is 5.82 Å². The highest BCUT2D eigenvalue weighted by molar-refractivity contribution is 5.81. The predicted octanol–water partition coefficient (Wildman–Crippen LogP) is 1.95. The topological polar surface area (TPSA) is 31.4 Å². The molecule has 0 saturated carbocycles. The summed E-state index contributed by atoms with van der Waals surface area (Å²) in [6.45, 7) is 2.82. The van der Waals surface area contributed by atoms with Gasteiger partial charge in [-0.05, 0) is 33.3 Å². The number of para-hydroxylation sites is 1. The summed E-state index contributed by atoms with van der Waals surface area (Å²) >= 11 is 0. The lowest BCUT2D eigenvalue weighted by Crippen LogP contribution is -2.30. The molecule has 0 unspecified atom stereocenters. The molecule has 2 aromatic rings. The van der Waals surface area contributed by atoms with Gasteiger partial charge in [-0.2, -0.15) is 0 Å². The van der Waals surface area contributed by atoms with E-state index in [9.17, 15) is 0 Å². The summed E-state index contributed by atoms with van der Waals surface area (Å²) in [5.41, 5.74) is 2.30. The first-order valence-electron chi connectivity index (χ1n) is 7.01. The van der Waals surface area contributed by atoms with Crippen LogP contribution in [0.25, 0.3) is 10.9 Å². The van der Waals surface area contributed by atoms with Crippen LogP contribution in [0.3, 0.4) is 0 Å². The molecule has 0 radical (unpaired) electrons. The van der Waals surface area contributed by atoms with E-state index in [1.807, 2.05) is 13.1 Å². The van der Waals surface area contributed by atoms with Crippen molar-refractivity contribution in [1.82, 2.24) is 15.2 Å². The highest BCUT2D eigenvalue weighted by Gasteiger charge is 2.11. The van der Waals surface area contributed by atoms with Gasteiger partial charge in [0, 0.05) is 37.6 Å². The molecule has 0 aliphatic heterocycles. The third-order valence-electron chi connectivity index (χ3n) is 3.39. The quantitative estimate of drug-likeness (QED) is 0.871. The van der Waals surface area contributed by atoms with Gasteiger partial charge >= 0.3 is 0 Å². The Morgan fingerprint density at radius 1 is 1.10 bits per heavy atom. The van der Waals surface area contributed by atoms with Crippen molar-refractivity contribution >= 4 is 16.7 Å².